The molecule has 0 saturated carbocycles. The summed E-state index contributed by atoms with van der Waals surface area (Å²) in [5.41, 5.74) is 1.21. The van der Waals surface area contributed by atoms with Crippen LogP contribution in [0.25, 0.3) is 0 Å². The maximum atomic E-state index is 14.2. The maximum absolute atomic E-state index is 14.2. The van der Waals surface area contributed by atoms with Crippen molar-refractivity contribution in [1.29, 1.82) is 5.26 Å². The van der Waals surface area contributed by atoms with Crippen molar-refractivity contribution in [2.75, 3.05) is 24.5 Å². The van der Waals surface area contributed by atoms with Gasteiger partial charge in [0.25, 0.3) is 0 Å². The van der Waals surface area contributed by atoms with Gasteiger partial charge in [0.1, 0.15) is 5.82 Å². The summed E-state index contributed by atoms with van der Waals surface area (Å²) in [6.45, 7) is 1.06. The van der Waals surface area contributed by atoms with Gasteiger partial charge in [-0.3, -0.25) is 9.69 Å². The number of anilines is 1. The molecule has 0 radical (unpaired) electrons. The topological polar surface area (TPSA) is 47.3 Å². The van der Waals surface area contributed by atoms with Crippen LogP contribution in [0.15, 0.2) is 42.5 Å². The number of amides is 1. The first-order valence-electron chi connectivity index (χ1n) is 9.12. The normalized spacial score (nSPS) is 16.7. The number of nitriles is 1. The van der Waals surface area contributed by atoms with E-state index in [0.717, 1.165) is 24.9 Å². The van der Waals surface area contributed by atoms with Crippen molar-refractivity contribution < 1.29 is 9.18 Å². The molecule has 2 aromatic rings. The molecule has 2 aromatic carbocycles. The van der Waals surface area contributed by atoms with Crippen molar-refractivity contribution in [2.45, 2.75) is 25.3 Å². The van der Waals surface area contributed by atoms with E-state index in [1.807, 2.05) is 18.2 Å². The van der Waals surface area contributed by atoms with Gasteiger partial charge in [0.05, 0.1) is 34.8 Å². The number of para-hydroxylation sites is 1. The van der Waals surface area contributed by atoms with Gasteiger partial charge in [0.2, 0.25) is 5.91 Å². The van der Waals surface area contributed by atoms with Crippen LogP contribution >= 0.6 is 23.2 Å². The molecule has 28 heavy (non-hydrogen) atoms. The average Bonchev–Trinajstić information content (AvgIpc) is 3.13. The Hall–Kier alpha value is -2.13. The van der Waals surface area contributed by atoms with E-state index in [0.29, 0.717) is 10.0 Å². The molecule has 1 aliphatic heterocycles. The number of carbonyl (C=O) groups excluding carboxylic acids is 1. The summed E-state index contributed by atoms with van der Waals surface area (Å²) in [5.74, 6) is -0.705. The quantitative estimate of drug-likeness (QED) is 0.644. The van der Waals surface area contributed by atoms with E-state index < -0.39 is 5.82 Å². The number of benzene rings is 2. The number of likely N-dealkylation sites (tertiary alicyclic amines) is 1. The second kappa shape index (κ2) is 9.38. The van der Waals surface area contributed by atoms with Crippen LogP contribution in [-0.2, 0) is 4.79 Å². The SMILES string of the molecule is N#CCCN(C(=O)CN1CCC[C@H]1c1ccc(Cl)c(Cl)c1)c1ccccc1F. The minimum atomic E-state index is -0.476. The molecule has 7 heteroatoms. The van der Waals surface area contributed by atoms with Crippen molar-refractivity contribution in [1.82, 2.24) is 4.90 Å². The summed E-state index contributed by atoms with van der Waals surface area (Å²) < 4.78 is 14.2. The van der Waals surface area contributed by atoms with Crippen LogP contribution < -0.4 is 4.90 Å². The third-order valence-electron chi connectivity index (χ3n) is 4.92. The van der Waals surface area contributed by atoms with Crippen LogP contribution in [0.2, 0.25) is 10.0 Å². The first kappa shape index (κ1) is 20.6. The molecule has 0 aromatic heterocycles. The fraction of sp³-hybridized carbons (Fsp3) is 0.333. The summed E-state index contributed by atoms with van der Waals surface area (Å²) in [4.78, 5) is 16.5. The van der Waals surface area contributed by atoms with E-state index in [-0.39, 0.29) is 37.1 Å². The lowest BCUT2D eigenvalue weighted by Gasteiger charge is -2.28. The largest absolute Gasteiger partial charge is 0.308 e. The zero-order chi connectivity index (χ0) is 20.1. The number of carbonyl (C=O) groups is 1. The van der Waals surface area contributed by atoms with E-state index in [4.69, 9.17) is 28.5 Å². The third-order valence-corrected chi connectivity index (χ3v) is 5.66. The molecule has 0 aliphatic carbocycles. The predicted octanol–water partition coefficient (Wildman–Crippen LogP) is 5.22. The minimum absolute atomic E-state index is 0.0529. The molecule has 1 aliphatic rings. The van der Waals surface area contributed by atoms with Crippen molar-refractivity contribution in [3.8, 4) is 6.07 Å². The van der Waals surface area contributed by atoms with Crippen molar-refractivity contribution in [3.63, 3.8) is 0 Å². The summed E-state index contributed by atoms with van der Waals surface area (Å²) >= 11 is 12.2. The third kappa shape index (κ3) is 4.64. The van der Waals surface area contributed by atoms with Gasteiger partial charge in [0, 0.05) is 12.6 Å². The van der Waals surface area contributed by atoms with Crippen molar-refractivity contribution in [2.24, 2.45) is 0 Å². The van der Waals surface area contributed by atoms with Gasteiger partial charge >= 0.3 is 0 Å². The Kier molecular flexibility index (Phi) is 6.90. The van der Waals surface area contributed by atoms with Gasteiger partial charge < -0.3 is 4.90 Å². The highest BCUT2D eigenvalue weighted by molar-refractivity contribution is 6.42. The molecule has 1 heterocycles. The van der Waals surface area contributed by atoms with Crippen molar-refractivity contribution >= 4 is 34.8 Å². The second-order valence-corrected chi connectivity index (χ2v) is 7.52. The second-order valence-electron chi connectivity index (χ2n) is 6.71. The van der Waals surface area contributed by atoms with E-state index in [9.17, 15) is 9.18 Å². The number of nitrogens with zero attached hydrogens (tertiary/aromatic N) is 3. The summed E-state index contributed by atoms with van der Waals surface area (Å²) in [7, 11) is 0. The lowest BCUT2D eigenvalue weighted by atomic mass is 10.0. The maximum Gasteiger partial charge on any atom is 0.241 e. The zero-order valence-electron chi connectivity index (χ0n) is 15.2. The smallest absolute Gasteiger partial charge is 0.241 e. The molecule has 1 atom stereocenters. The predicted molar refractivity (Wildman–Crippen MR) is 109 cm³/mol. The molecule has 146 valence electrons. The Bertz CT molecular complexity index is 899. The highest BCUT2D eigenvalue weighted by Gasteiger charge is 2.30. The fourth-order valence-electron chi connectivity index (χ4n) is 3.58. The highest BCUT2D eigenvalue weighted by Crippen LogP contribution is 2.35. The van der Waals surface area contributed by atoms with Gasteiger partial charge in [-0.05, 0) is 49.2 Å². The van der Waals surface area contributed by atoms with Crippen LogP contribution in [0.5, 0.6) is 0 Å². The zero-order valence-corrected chi connectivity index (χ0v) is 16.8. The van der Waals surface area contributed by atoms with Crippen LogP contribution in [0.3, 0.4) is 0 Å². The lowest BCUT2D eigenvalue weighted by molar-refractivity contribution is -0.120. The molecule has 1 amide bonds. The molecule has 3 rings (SSSR count). The number of halogens is 3. The molecule has 0 N–H and O–H groups in total. The van der Waals surface area contributed by atoms with E-state index in [2.05, 4.69) is 4.90 Å². The minimum Gasteiger partial charge on any atom is -0.308 e. The highest BCUT2D eigenvalue weighted by atomic mass is 35.5. The molecular formula is C21H20Cl2FN3O. The fourth-order valence-corrected chi connectivity index (χ4v) is 3.89. The standard InChI is InChI=1S/C21H20Cl2FN3O/c22-16-9-8-15(13-17(16)23)19-7-3-11-26(19)14-21(28)27(12-4-10-25)20-6-2-1-5-18(20)24/h1-2,5-6,8-9,13,19H,3-4,7,11-12,14H2/t19-/m0/s1. The van der Waals surface area contributed by atoms with Crippen molar-refractivity contribution in [3.05, 3.63) is 63.9 Å². The number of hydrogen-bond donors (Lipinski definition) is 0. The molecule has 0 unspecified atom stereocenters. The number of hydrogen-bond acceptors (Lipinski definition) is 3. The Morgan fingerprint density at radius 2 is 2.04 bits per heavy atom. The van der Waals surface area contributed by atoms with Gasteiger partial charge in [-0.15, -0.1) is 0 Å². The Balaban J connectivity index is 1.79. The van der Waals surface area contributed by atoms with Gasteiger partial charge in [-0.2, -0.15) is 5.26 Å². The van der Waals surface area contributed by atoms with Crippen LogP contribution in [0.1, 0.15) is 30.9 Å². The molecular weight excluding hydrogens is 400 g/mol. The van der Waals surface area contributed by atoms with E-state index >= 15 is 0 Å². The first-order chi connectivity index (χ1) is 13.5. The molecule has 1 saturated heterocycles. The van der Waals surface area contributed by atoms with Gasteiger partial charge in [-0.25, -0.2) is 4.39 Å². The molecule has 0 spiro atoms. The summed E-state index contributed by atoms with van der Waals surface area (Å²) in [6, 6.07) is 13.7. The summed E-state index contributed by atoms with van der Waals surface area (Å²) in [6.07, 6.45) is 2.00. The average molecular weight is 420 g/mol. The Labute approximate surface area is 174 Å². The van der Waals surface area contributed by atoms with Gasteiger partial charge in [0.15, 0.2) is 0 Å². The lowest BCUT2D eigenvalue weighted by Crippen LogP contribution is -2.41. The van der Waals surface area contributed by atoms with Crippen LogP contribution in [0, 0.1) is 17.1 Å². The Morgan fingerprint density at radius 3 is 2.75 bits per heavy atom. The van der Waals surface area contributed by atoms with Crippen LogP contribution in [-0.4, -0.2) is 30.4 Å². The summed E-state index contributed by atoms with van der Waals surface area (Å²) in [5, 5.41) is 9.90. The van der Waals surface area contributed by atoms with E-state index in [1.54, 1.807) is 24.3 Å². The van der Waals surface area contributed by atoms with Gasteiger partial charge in [-0.1, -0.05) is 41.4 Å². The molecule has 1 fully saturated rings. The number of rotatable bonds is 6. The monoisotopic (exact) mass is 419 g/mol. The Morgan fingerprint density at radius 1 is 1.25 bits per heavy atom. The molecule has 0 bridgehead atoms. The van der Waals surface area contributed by atoms with E-state index in [1.165, 1.54) is 11.0 Å². The first-order valence-corrected chi connectivity index (χ1v) is 9.87. The molecule has 4 nitrogen and oxygen atoms in total. The van der Waals surface area contributed by atoms with Crippen LogP contribution in [0.4, 0.5) is 10.1 Å².